The van der Waals surface area contributed by atoms with Gasteiger partial charge in [0.15, 0.2) is 34.3 Å². The Bertz CT molecular complexity index is 2380. The molecule has 0 atom stereocenters. The standard InChI is InChI=1S/C16H15N3O2.C13H16N4O3.C8H7N3O/c1-11(21)15-14-3-2-8-17-16(14)19(18-15)9-12-4-6-13(10-20)7-5-12;1-9(19)12-10-4-2-5-15-13(10)17(16-12)7-3-6-14-11(20)8-18;1-5(12)7-6-3-2-4-9-8(6)11-10-7/h2-8,20H,9-10H2,1H3;2,4-5,18H,3,6-8H2,1H3,(H,14,20);2-4H,1H3,(H,9,10,11). The molecule has 0 aliphatic heterocycles. The van der Waals surface area contributed by atoms with Crippen LogP contribution < -0.4 is 5.32 Å². The number of hydrogen-bond donors (Lipinski definition) is 4. The van der Waals surface area contributed by atoms with Crippen molar-refractivity contribution in [2.45, 2.75) is 46.9 Å². The molecule has 53 heavy (non-hydrogen) atoms. The van der Waals surface area contributed by atoms with E-state index in [1.165, 1.54) is 20.8 Å². The van der Waals surface area contributed by atoms with Crippen LogP contribution in [0.5, 0.6) is 0 Å². The minimum absolute atomic E-state index is 0.0227. The molecule has 7 aromatic rings. The van der Waals surface area contributed by atoms with Gasteiger partial charge in [-0.15, -0.1) is 0 Å². The van der Waals surface area contributed by atoms with Crippen molar-refractivity contribution in [2.24, 2.45) is 0 Å². The van der Waals surface area contributed by atoms with Gasteiger partial charge in [-0.1, -0.05) is 24.3 Å². The van der Waals surface area contributed by atoms with Gasteiger partial charge in [-0.2, -0.15) is 15.3 Å². The normalized spacial score (nSPS) is 10.7. The first-order chi connectivity index (χ1) is 25.6. The average molecular weight is 719 g/mol. The number of aliphatic hydroxyl groups is 2. The molecular formula is C37H38N10O6. The predicted octanol–water partition coefficient (Wildman–Crippen LogP) is 3.47. The molecule has 7 rings (SSSR count). The van der Waals surface area contributed by atoms with Crippen LogP contribution in [-0.2, 0) is 24.5 Å². The number of nitrogens with one attached hydrogen (secondary N) is 2. The zero-order valence-corrected chi connectivity index (χ0v) is 29.4. The van der Waals surface area contributed by atoms with E-state index in [1.807, 2.05) is 42.5 Å². The molecule has 0 spiro atoms. The van der Waals surface area contributed by atoms with Gasteiger partial charge in [0.05, 0.1) is 23.9 Å². The number of carbonyl (C=O) groups is 4. The Morgan fingerprint density at radius 2 is 1.25 bits per heavy atom. The Morgan fingerprint density at radius 1 is 0.698 bits per heavy atom. The molecule has 16 heteroatoms. The van der Waals surface area contributed by atoms with E-state index < -0.39 is 12.5 Å². The molecule has 0 radical (unpaired) electrons. The summed E-state index contributed by atoms with van der Waals surface area (Å²) in [7, 11) is 0. The highest BCUT2D eigenvalue weighted by atomic mass is 16.3. The van der Waals surface area contributed by atoms with Crippen molar-refractivity contribution in [3.8, 4) is 0 Å². The quantitative estimate of drug-likeness (QED) is 0.111. The van der Waals surface area contributed by atoms with Crippen molar-refractivity contribution >= 4 is 56.4 Å². The van der Waals surface area contributed by atoms with Crippen molar-refractivity contribution in [2.75, 3.05) is 13.2 Å². The number of aliphatic hydroxyl groups excluding tert-OH is 2. The number of hydrogen-bond acceptors (Lipinski definition) is 12. The highest BCUT2D eigenvalue weighted by Crippen LogP contribution is 2.19. The van der Waals surface area contributed by atoms with Crippen molar-refractivity contribution in [1.82, 2.24) is 50.0 Å². The lowest BCUT2D eigenvalue weighted by Crippen LogP contribution is -2.27. The number of pyridine rings is 3. The molecule has 0 aliphatic carbocycles. The molecule has 272 valence electrons. The third kappa shape index (κ3) is 9.24. The lowest BCUT2D eigenvalue weighted by atomic mass is 10.1. The summed E-state index contributed by atoms with van der Waals surface area (Å²) in [6.45, 7) is 5.50. The van der Waals surface area contributed by atoms with E-state index in [-0.39, 0.29) is 24.0 Å². The Labute approximate surface area is 302 Å². The van der Waals surface area contributed by atoms with E-state index in [0.717, 1.165) is 27.3 Å². The van der Waals surface area contributed by atoms with Crippen molar-refractivity contribution in [3.63, 3.8) is 0 Å². The smallest absolute Gasteiger partial charge is 0.245 e. The first kappa shape index (κ1) is 37.7. The van der Waals surface area contributed by atoms with Crippen molar-refractivity contribution in [3.05, 3.63) is 107 Å². The van der Waals surface area contributed by atoms with Gasteiger partial charge in [-0.25, -0.2) is 24.3 Å². The number of fused-ring (bicyclic) bond motifs is 3. The summed E-state index contributed by atoms with van der Waals surface area (Å²) in [5.41, 5.74) is 5.24. The van der Waals surface area contributed by atoms with E-state index in [0.29, 0.717) is 60.1 Å². The number of amides is 1. The molecule has 0 aliphatic rings. The fraction of sp³-hybridized carbons (Fsp3) is 0.243. The number of aromatic amines is 1. The van der Waals surface area contributed by atoms with Crippen molar-refractivity contribution in [1.29, 1.82) is 0 Å². The van der Waals surface area contributed by atoms with Gasteiger partial charge in [0, 0.05) is 57.8 Å². The van der Waals surface area contributed by atoms with Crippen LogP contribution in [0.1, 0.15) is 69.8 Å². The summed E-state index contributed by atoms with van der Waals surface area (Å²) in [5.74, 6) is -0.596. The summed E-state index contributed by atoms with van der Waals surface area (Å²) in [6.07, 6.45) is 5.63. The van der Waals surface area contributed by atoms with Crippen LogP contribution in [0.25, 0.3) is 33.1 Å². The number of benzene rings is 1. The Kier molecular flexibility index (Phi) is 12.5. The number of aryl methyl sites for hydroxylation is 1. The maximum atomic E-state index is 11.7. The molecule has 0 bridgehead atoms. The topological polar surface area (TPSA) is 224 Å². The maximum Gasteiger partial charge on any atom is 0.245 e. The lowest BCUT2D eigenvalue weighted by molar-refractivity contribution is -0.123. The molecular weight excluding hydrogens is 680 g/mol. The molecule has 4 N–H and O–H groups in total. The highest BCUT2D eigenvalue weighted by molar-refractivity contribution is 6.05. The average Bonchev–Trinajstić information content (AvgIpc) is 3.88. The maximum absolute atomic E-state index is 11.7. The lowest BCUT2D eigenvalue weighted by Gasteiger charge is -2.04. The van der Waals surface area contributed by atoms with E-state index >= 15 is 0 Å². The minimum Gasteiger partial charge on any atom is -0.392 e. The van der Waals surface area contributed by atoms with Gasteiger partial charge in [0.1, 0.15) is 23.7 Å². The number of H-pyrrole nitrogens is 1. The first-order valence-corrected chi connectivity index (χ1v) is 16.6. The predicted molar refractivity (Wildman–Crippen MR) is 195 cm³/mol. The van der Waals surface area contributed by atoms with Crippen LogP contribution in [0.3, 0.4) is 0 Å². The number of Topliss-reactive ketones (excluding diaryl/α,β-unsaturated/α-hetero) is 3. The fourth-order valence-corrected chi connectivity index (χ4v) is 5.36. The van der Waals surface area contributed by atoms with Crippen LogP contribution in [-0.4, -0.2) is 91.3 Å². The third-order valence-electron chi connectivity index (χ3n) is 7.91. The summed E-state index contributed by atoms with van der Waals surface area (Å²) in [6, 6.07) is 18.5. The highest BCUT2D eigenvalue weighted by Gasteiger charge is 2.16. The minimum atomic E-state index is -0.513. The van der Waals surface area contributed by atoms with Crippen LogP contribution in [0.2, 0.25) is 0 Å². The SMILES string of the molecule is CC(=O)c1[nH]nc2ncccc12.CC(=O)c1nn(CCCNC(=O)CO)c2ncccc12.CC(=O)c1nn(Cc2ccc(CO)cc2)c2ncccc12. The van der Waals surface area contributed by atoms with Gasteiger partial charge in [-0.3, -0.25) is 24.3 Å². The molecule has 6 heterocycles. The Hall–Kier alpha value is -6.52. The van der Waals surface area contributed by atoms with Crippen LogP contribution in [0.15, 0.2) is 79.3 Å². The monoisotopic (exact) mass is 718 g/mol. The molecule has 0 saturated heterocycles. The first-order valence-electron chi connectivity index (χ1n) is 16.6. The van der Waals surface area contributed by atoms with E-state index in [4.69, 9.17) is 10.2 Å². The number of carbonyl (C=O) groups excluding carboxylic acids is 4. The van der Waals surface area contributed by atoms with Gasteiger partial charge in [0.2, 0.25) is 5.91 Å². The molecule has 0 fully saturated rings. The summed E-state index contributed by atoms with van der Waals surface area (Å²) < 4.78 is 3.40. The molecule has 1 amide bonds. The van der Waals surface area contributed by atoms with E-state index in [1.54, 1.807) is 46.2 Å². The van der Waals surface area contributed by atoms with E-state index in [2.05, 4.69) is 40.7 Å². The van der Waals surface area contributed by atoms with E-state index in [9.17, 15) is 19.2 Å². The largest absolute Gasteiger partial charge is 0.392 e. The second-order valence-corrected chi connectivity index (χ2v) is 11.8. The van der Waals surface area contributed by atoms with Crippen LogP contribution in [0, 0.1) is 0 Å². The summed E-state index contributed by atoms with van der Waals surface area (Å²) in [5, 5.41) is 37.7. The zero-order chi connectivity index (χ0) is 37.9. The molecule has 16 nitrogen and oxygen atoms in total. The van der Waals surface area contributed by atoms with Crippen LogP contribution >= 0.6 is 0 Å². The van der Waals surface area contributed by atoms with Crippen molar-refractivity contribution < 1.29 is 29.4 Å². The summed E-state index contributed by atoms with van der Waals surface area (Å²) >= 11 is 0. The molecule has 1 aromatic carbocycles. The molecule has 0 saturated carbocycles. The van der Waals surface area contributed by atoms with Crippen LogP contribution in [0.4, 0.5) is 0 Å². The van der Waals surface area contributed by atoms with Gasteiger partial charge >= 0.3 is 0 Å². The van der Waals surface area contributed by atoms with Gasteiger partial charge in [-0.05, 0) is 53.9 Å². The number of aromatic nitrogens is 9. The van der Waals surface area contributed by atoms with Gasteiger partial charge < -0.3 is 15.5 Å². The Balaban J connectivity index is 0.000000159. The second-order valence-electron chi connectivity index (χ2n) is 11.8. The molecule has 0 unspecified atom stereocenters. The molecule has 6 aromatic heterocycles. The second kappa shape index (κ2) is 17.6. The third-order valence-corrected chi connectivity index (χ3v) is 7.91. The fourth-order valence-electron chi connectivity index (χ4n) is 5.36. The number of ketones is 3. The zero-order valence-electron chi connectivity index (χ0n) is 29.4. The number of rotatable bonds is 11. The summed E-state index contributed by atoms with van der Waals surface area (Å²) in [4.78, 5) is 57.7. The Morgan fingerprint density at radius 3 is 1.81 bits per heavy atom. The van der Waals surface area contributed by atoms with Gasteiger partial charge in [0.25, 0.3) is 0 Å². The number of nitrogens with zero attached hydrogens (tertiary/aromatic N) is 8.